The number of hydrogen-bond donors (Lipinski definition) is 0. The molecule has 1 unspecified atom stereocenters. The van der Waals surface area contributed by atoms with Crippen LogP contribution in [0.1, 0.15) is 41.6 Å². The third-order valence-electron chi connectivity index (χ3n) is 5.91. The number of amides is 1. The molecule has 1 saturated heterocycles. The predicted octanol–water partition coefficient (Wildman–Crippen LogP) is 2.07. The van der Waals surface area contributed by atoms with E-state index in [1.165, 1.54) is 0 Å². The highest BCUT2D eigenvalue weighted by atomic mass is 16.5. The van der Waals surface area contributed by atoms with Crippen LogP contribution in [0, 0.1) is 6.92 Å². The highest BCUT2D eigenvalue weighted by Gasteiger charge is 2.45. The number of fused-ring (bicyclic) bond motifs is 1. The van der Waals surface area contributed by atoms with Gasteiger partial charge in [0.15, 0.2) is 11.6 Å². The lowest BCUT2D eigenvalue weighted by Crippen LogP contribution is -2.45. The molecule has 5 heterocycles. The highest BCUT2D eigenvalue weighted by Crippen LogP contribution is 2.34. The second-order valence-electron chi connectivity index (χ2n) is 8.08. The third-order valence-corrected chi connectivity index (χ3v) is 5.91. The maximum absolute atomic E-state index is 13.2. The zero-order valence-corrected chi connectivity index (χ0v) is 17.3. The predicted molar refractivity (Wildman–Crippen MR) is 109 cm³/mol. The van der Waals surface area contributed by atoms with Gasteiger partial charge < -0.3 is 14.2 Å². The number of pyridine rings is 1. The number of aryl methyl sites for hydroxylation is 2. The Morgan fingerprint density at radius 3 is 2.97 bits per heavy atom. The standard InChI is InChI=1S/C21H25N7O2/c1-3-9-27-11-16(15(2)25-27)20(29)26-10-7-21(13-26)14-28-18(12-30-21)23-24-19(28)17-6-4-5-8-22-17/h4-6,8,11H,3,7,9-10,12-14H2,1-2H3. The lowest BCUT2D eigenvalue weighted by Gasteiger charge is -2.34. The average Bonchev–Trinajstić information content (AvgIpc) is 3.46. The molecule has 3 aromatic heterocycles. The van der Waals surface area contributed by atoms with Crippen molar-refractivity contribution in [3.05, 3.63) is 47.7 Å². The van der Waals surface area contributed by atoms with Gasteiger partial charge in [-0.3, -0.25) is 14.5 Å². The van der Waals surface area contributed by atoms with Gasteiger partial charge in [0.05, 0.1) is 24.3 Å². The maximum Gasteiger partial charge on any atom is 0.257 e. The van der Waals surface area contributed by atoms with E-state index >= 15 is 0 Å². The monoisotopic (exact) mass is 407 g/mol. The first-order chi connectivity index (χ1) is 14.6. The minimum Gasteiger partial charge on any atom is -0.363 e. The summed E-state index contributed by atoms with van der Waals surface area (Å²) in [6.07, 6.45) is 5.38. The molecule has 1 spiro atoms. The summed E-state index contributed by atoms with van der Waals surface area (Å²) in [7, 11) is 0. The molecule has 9 nitrogen and oxygen atoms in total. The van der Waals surface area contributed by atoms with E-state index in [0.29, 0.717) is 31.8 Å². The number of aromatic nitrogens is 6. The van der Waals surface area contributed by atoms with Gasteiger partial charge in [-0.1, -0.05) is 13.0 Å². The van der Waals surface area contributed by atoms with E-state index in [2.05, 4.69) is 31.8 Å². The molecule has 30 heavy (non-hydrogen) atoms. The van der Waals surface area contributed by atoms with E-state index in [1.54, 1.807) is 6.20 Å². The molecule has 9 heteroatoms. The molecule has 0 aliphatic carbocycles. The van der Waals surface area contributed by atoms with Crippen molar-refractivity contribution in [3.8, 4) is 11.5 Å². The Bertz CT molecular complexity index is 1070. The molecule has 2 aliphatic rings. The van der Waals surface area contributed by atoms with Crippen LogP contribution in [0.2, 0.25) is 0 Å². The van der Waals surface area contributed by atoms with Crippen LogP contribution < -0.4 is 0 Å². The van der Waals surface area contributed by atoms with Crippen molar-refractivity contribution < 1.29 is 9.53 Å². The minimum atomic E-state index is -0.429. The number of carbonyl (C=O) groups excluding carboxylic acids is 1. The zero-order chi connectivity index (χ0) is 20.7. The molecule has 0 bridgehead atoms. The van der Waals surface area contributed by atoms with Crippen molar-refractivity contribution in [2.45, 2.75) is 52.0 Å². The first-order valence-electron chi connectivity index (χ1n) is 10.4. The van der Waals surface area contributed by atoms with Crippen molar-refractivity contribution in [2.24, 2.45) is 0 Å². The van der Waals surface area contributed by atoms with Gasteiger partial charge in [0.2, 0.25) is 0 Å². The Labute approximate surface area is 174 Å². The van der Waals surface area contributed by atoms with Gasteiger partial charge in [-0.2, -0.15) is 5.10 Å². The lowest BCUT2D eigenvalue weighted by molar-refractivity contribution is -0.0805. The molecule has 5 rings (SSSR count). The molecule has 0 aromatic carbocycles. The molecular formula is C21H25N7O2. The third kappa shape index (κ3) is 3.19. The number of ether oxygens (including phenoxy) is 1. The van der Waals surface area contributed by atoms with Crippen molar-refractivity contribution in [1.82, 2.24) is 34.4 Å². The van der Waals surface area contributed by atoms with Crippen molar-refractivity contribution >= 4 is 5.91 Å². The van der Waals surface area contributed by atoms with Gasteiger partial charge in [0.25, 0.3) is 5.91 Å². The van der Waals surface area contributed by atoms with Gasteiger partial charge in [0, 0.05) is 25.5 Å². The molecule has 156 valence electrons. The number of hydrogen-bond acceptors (Lipinski definition) is 6. The van der Waals surface area contributed by atoms with Crippen LogP contribution in [0.15, 0.2) is 30.6 Å². The summed E-state index contributed by atoms with van der Waals surface area (Å²) in [6, 6.07) is 5.75. The Morgan fingerprint density at radius 1 is 1.27 bits per heavy atom. The number of carbonyl (C=O) groups is 1. The normalized spacial score (nSPS) is 20.7. The molecule has 1 amide bonds. The Hall–Kier alpha value is -3.07. The SMILES string of the molecule is CCCn1cc(C(=O)N2CCC3(C2)Cn2c(nnc2-c2ccccn2)CO3)c(C)n1. The quantitative estimate of drug-likeness (QED) is 0.658. The van der Waals surface area contributed by atoms with Crippen LogP contribution in [0.4, 0.5) is 0 Å². The largest absolute Gasteiger partial charge is 0.363 e. The van der Waals surface area contributed by atoms with Crippen molar-refractivity contribution in [3.63, 3.8) is 0 Å². The first kappa shape index (κ1) is 18.9. The van der Waals surface area contributed by atoms with Gasteiger partial charge in [-0.05, 0) is 31.9 Å². The fraction of sp³-hybridized carbons (Fsp3) is 0.476. The number of likely N-dealkylation sites (tertiary alicyclic amines) is 1. The summed E-state index contributed by atoms with van der Waals surface area (Å²) in [6.45, 7) is 7.01. The van der Waals surface area contributed by atoms with E-state index in [0.717, 1.165) is 42.4 Å². The molecule has 3 aromatic rings. The van der Waals surface area contributed by atoms with Crippen LogP contribution in [0.3, 0.4) is 0 Å². The lowest BCUT2D eigenvalue weighted by atomic mass is 10.0. The minimum absolute atomic E-state index is 0.0230. The Kier molecular flexibility index (Phi) is 4.62. The molecule has 0 saturated carbocycles. The van der Waals surface area contributed by atoms with Crippen LogP contribution in [0.25, 0.3) is 11.5 Å². The van der Waals surface area contributed by atoms with E-state index in [9.17, 15) is 4.79 Å². The molecule has 1 atom stereocenters. The average molecular weight is 407 g/mol. The second-order valence-corrected chi connectivity index (χ2v) is 8.08. The molecule has 2 aliphatic heterocycles. The highest BCUT2D eigenvalue weighted by molar-refractivity contribution is 5.95. The van der Waals surface area contributed by atoms with Gasteiger partial charge in [-0.25, -0.2) is 0 Å². The smallest absolute Gasteiger partial charge is 0.257 e. The van der Waals surface area contributed by atoms with E-state index in [4.69, 9.17) is 4.74 Å². The van der Waals surface area contributed by atoms with E-state index in [1.807, 2.05) is 40.9 Å². The van der Waals surface area contributed by atoms with Crippen LogP contribution >= 0.6 is 0 Å². The summed E-state index contributed by atoms with van der Waals surface area (Å²) >= 11 is 0. The second kappa shape index (κ2) is 7.32. The van der Waals surface area contributed by atoms with Gasteiger partial charge >= 0.3 is 0 Å². The Balaban J connectivity index is 1.36. The van der Waals surface area contributed by atoms with Gasteiger partial charge in [0.1, 0.15) is 17.9 Å². The first-order valence-corrected chi connectivity index (χ1v) is 10.4. The number of nitrogens with zero attached hydrogens (tertiary/aromatic N) is 7. The summed E-state index contributed by atoms with van der Waals surface area (Å²) in [4.78, 5) is 19.5. The molecule has 0 radical (unpaired) electrons. The number of rotatable bonds is 4. The Morgan fingerprint density at radius 2 is 2.17 bits per heavy atom. The van der Waals surface area contributed by atoms with Crippen molar-refractivity contribution in [1.29, 1.82) is 0 Å². The van der Waals surface area contributed by atoms with Crippen molar-refractivity contribution in [2.75, 3.05) is 13.1 Å². The van der Waals surface area contributed by atoms with E-state index < -0.39 is 5.60 Å². The van der Waals surface area contributed by atoms with Crippen LogP contribution in [0.5, 0.6) is 0 Å². The topological polar surface area (TPSA) is 91.0 Å². The fourth-order valence-electron chi connectivity index (χ4n) is 4.35. The maximum atomic E-state index is 13.2. The van der Waals surface area contributed by atoms with Gasteiger partial charge in [-0.15, -0.1) is 10.2 Å². The summed E-state index contributed by atoms with van der Waals surface area (Å²) in [5.41, 5.74) is 1.81. The van der Waals surface area contributed by atoms with Crippen LogP contribution in [-0.2, 0) is 24.4 Å². The molecular weight excluding hydrogens is 382 g/mol. The molecule has 0 N–H and O–H groups in total. The van der Waals surface area contributed by atoms with Crippen LogP contribution in [-0.4, -0.2) is 59.0 Å². The summed E-state index contributed by atoms with van der Waals surface area (Å²) in [5, 5.41) is 13.1. The fourth-order valence-corrected chi connectivity index (χ4v) is 4.35. The summed E-state index contributed by atoms with van der Waals surface area (Å²) in [5.74, 6) is 1.56. The molecule has 1 fully saturated rings. The van der Waals surface area contributed by atoms with E-state index in [-0.39, 0.29) is 5.91 Å². The zero-order valence-electron chi connectivity index (χ0n) is 17.3. The summed E-state index contributed by atoms with van der Waals surface area (Å²) < 4.78 is 10.2.